The van der Waals surface area contributed by atoms with Gasteiger partial charge in [-0.25, -0.2) is 9.67 Å². The number of hydrogen-bond donors (Lipinski definition) is 1. The SMILES string of the molecule is CC(=O)c1ccc(-n2cnc(C#N)n2)cc1N. The van der Waals surface area contributed by atoms with Crippen LogP contribution in [0.5, 0.6) is 0 Å². The lowest BCUT2D eigenvalue weighted by molar-refractivity contribution is 0.101. The van der Waals surface area contributed by atoms with Crippen molar-refractivity contribution in [3.8, 4) is 11.8 Å². The van der Waals surface area contributed by atoms with Gasteiger partial charge in [0.25, 0.3) is 5.82 Å². The van der Waals surface area contributed by atoms with Crippen LogP contribution in [0.15, 0.2) is 24.5 Å². The van der Waals surface area contributed by atoms with Crippen molar-refractivity contribution in [3.63, 3.8) is 0 Å². The van der Waals surface area contributed by atoms with Crippen molar-refractivity contribution in [1.82, 2.24) is 14.8 Å². The number of Topliss-reactive ketones (excluding diaryl/α,β-unsaturated/α-hetero) is 1. The Kier molecular flexibility index (Phi) is 2.58. The third-order valence-corrected chi connectivity index (χ3v) is 2.27. The van der Waals surface area contributed by atoms with E-state index in [0.29, 0.717) is 16.9 Å². The number of nitrogens with two attached hydrogens (primary N) is 1. The second-order valence-electron chi connectivity index (χ2n) is 3.45. The average Bonchev–Trinajstić information content (AvgIpc) is 2.76. The van der Waals surface area contributed by atoms with Crippen molar-refractivity contribution < 1.29 is 4.79 Å². The number of ketones is 1. The number of hydrogen-bond acceptors (Lipinski definition) is 5. The molecule has 0 atom stereocenters. The van der Waals surface area contributed by atoms with Gasteiger partial charge in [0.2, 0.25) is 0 Å². The molecule has 0 aliphatic heterocycles. The summed E-state index contributed by atoms with van der Waals surface area (Å²) in [7, 11) is 0. The fraction of sp³-hybridized carbons (Fsp3) is 0.0909. The molecule has 0 amide bonds. The Morgan fingerprint density at radius 3 is 2.82 bits per heavy atom. The Labute approximate surface area is 97.3 Å². The quantitative estimate of drug-likeness (QED) is 0.607. The number of nitrogen functional groups attached to an aromatic ring is 1. The van der Waals surface area contributed by atoms with E-state index in [2.05, 4.69) is 10.1 Å². The lowest BCUT2D eigenvalue weighted by atomic mass is 10.1. The molecule has 84 valence electrons. The molecule has 0 fully saturated rings. The summed E-state index contributed by atoms with van der Waals surface area (Å²) in [4.78, 5) is 15.0. The zero-order chi connectivity index (χ0) is 12.4. The molecular weight excluding hydrogens is 218 g/mol. The molecule has 0 spiro atoms. The van der Waals surface area contributed by atoms with E-state index in [0.717, 1.165) is 0 Å². The number of carbonyl (C=O) groups is 1. The van der Waals surface area contributed by atoms with Gasteiger partial charge in [0.05, 0.1) is 5.69 Å². The number of carbonyl (C=O) groups excluding carboxylic acids is 1. The summed E-state index contributed by atoms with van der Waals surface area (Å²) in [5.41, 5.74) is 7.25. The third-order valence-electron chi connectivity index (χ3n) is 2.27. The van der Waals surface area contributed by atoms with Gasteiger partial charge in [-0.2, -0.15) is 5.26 Å². The topological polar surface area (TPSA) is 97.6 Å². The summed E-state index contributed by atoms with van der Waals surface area (Å²) in [5.74, 6) is -0.00966. The highest BCUT2D eigenvalue weighted by Crippen LogP contribution is 2.17. The van der Waals surface area contributed by atoms with Gasteiger partial charge < -0.3 is 5.73 Å². The summed E-state index contributed by atoms with van der Waals surface area (Å²) >= 11 is 0. The first kappa shape index (κ1) is 10.8. The first-order chi connectivity index (χ1) is 8.11. The van der Waals surface area contributed by atoms with Crippen LogP contribution in [0.25, 0.3) is 5.69 Å². The molecule has 6 heteroatoms. The van der Waals surface area contributed by atoms with E-state index in [-0.39, 0.29) is 11.6 Å². The molecule has 17 heavy (non-hydrogen) atoms. The van der Waals surface area contributed by atoms with Crippen LogP contribution < -0.4 is 5.73 Å². The first-order valence-electron chi connectivity index (χ1n) is 4.84. The molecule has 6 nitrogen and oxygen atoms in total. The molecule has 0 saturated carbocycles. The van der Waals surface area contributed by atoms with Crippen molar-refractivity contribution >= 4 is 11.5 Å². The maximum absolute atomic E-state index is 11.2. The molecule has 1 heterocycles. The van der Waals surface area contributed by atoms with Gasteiger partial charge in [0, 0.05) is 11.3 Å². The van der Waals surface area contributed by atoms with Gasteiger partial charge in [-0.1, -0.05) is 0 Å². The second kappa shape index (κ2) is 4.06. The summed E-state index contributed by atoms with van der Waals surface area (Å²) in [6, 6.07) is 6.77. The van der Waals surface area contributed by atoms with Crippen LogP contribution >= 0.6 is 0 Å². The van der Waals surface area contributed by atoms with Crippen molar-refractivity contribution in [1.29, 1.82) is 5.26 Å². The van der Waals surface area contributed by atoms with Gasteiger partial charge in [-0.15, -0.1) is 5.10 Å². The standard InChI is InChI=1S/C11H9N5O/c1-7(17)9-3-2-8(4-10(9)13)16-6-14-11(5-12)15-16/h2-4,6H,13H2,1H3. The van der Waals surface area contributed by atoms with Gasteiger partial charge in [0.15, 0.2) is 5.78 Å². The highest BCUT2D eigenvalue weighted by molar-refractivity contribution is 5.99. The van der Waals surface area contributed by atoms with Crippen LogP contribution in [0.1, 0.15) is 23.1 Å². The molecule has 2 aromatic rings. The number of benzene rings is 1. The highest BCUT2D eigenvalue weighted by Gasteiger charge is 2.07. The summed E-state index contributed by atoms with van der Waals surface area (Å²) < 4.78 is 1.43. The normalized spacial score (nSPS) is 9.88. The van der Waals surface area contributed by atoms with E-state index in [9.17, 15) is 4.79 Å². The Bertz CT molecular complexity index is 623. The average molecular weight is 227 g/mol. The van der Waals surface area contributed by atoms with E-state index < -0.39 is 0 Å². The molecule has 0 unspecified atom stereocenters. The molecule has 2 rings (SSSR count). The van der Waals surface area contributed by atoms with E-state index in [1.165, 1.54) is 17.9 Å². The predicted molar refractivity (Wildman–Crippen MR) is 60.5 cm³/mol. The number of anilines is 1. The van der Waals surface area contributed by atoms with Crippen molar-refractivity contribution in [2.24, 2.45) is 0 Å². The maximum Gasteiger partial charge on any atom is 0.252 e. The summed E-state index contributed by atoms with van der Waals surface area (Å²) in [5, 5.41) is 12.5. The number of nitrogens with zero attached hydrogens (tertiary/aromatic N) is 4. The maximum atomic E-state index is 11.2. The number of nitriles is 1. The molecule has 1 aromatic heterocycles. The number of aromatic nitrogens is 3. The third kappa shape index (κ3) is 1.99. The van der Waals surface area contributed by atoms with E-state index in [1.807, 2.05) is 6.07 Å². The van der Waals surface area contributed by atoms with Crippen LogP contribution in [-0.4, -0.2) is 20.5 Å². The monoisotopic (exact) mass is 227 g/mol. The minimum Gasteiger partial charge on any atom is -0.398 e. The zero-order valence-corrected chi connectivity index (χ0v) is 9.08. The van der Waals surface area contributed by atoms with Gasteiger partial charge in [0.1, 0.15) is 12.4 Å². The zero-order valence-electron chi connectivity index (χ0n) is 9.08. The van der Waals surface area contributed by atoms with Gasteiger partial charge >= 0.3 is 0 Å². The molecule has 0 aliphatic carbocycles. The fourth-order valence-corrected chi connectivity index (χ4v) is 1.45. The Balaban J connectivity index is 2.45. The largest absolute Gasteiger partial charge is 0.398 e. The smallest absolute Gasteiger partial charge is 0.252 e. The fourth-order valence-electron chi connectivity index (χ4n) is 1.45. The first-order valence-corrected chi connectivity index (χ1v) is 4.84. The van der Waals surface area contributed by atoms with Crippen LogP contribution in [0.3, 0.4) is 0 Å². The predicted octanol–water partition coefficient (Wildman–Crippen LogP) is 0.924. The summed E-state index contributed by atoms with van der Waals surface area (Å²) in [6.07, 6.45) is 1.42. The van der Waals surface area contributed by atoms with E-state index >= 15 is 0 Å². The molecule has 0 bridgehead atoms. The molecule has 2 N–H and O–H groups in total. The molecule has 0 radical (unpaired) electrons. The van der Waals surface area contributed by atoms with Crippen LogP contribution in [-0.2, 0) is 0 Å². The minimum atomic E-state index is -0.0923. The second-order valence-corrected chi connectivity index (χ2v) is 3.45. The van der Waals surface area contributed by atoms with Gasteiger partial charge in [-0.05, 0) is 25.1 Å². The van der Waals surface area contributed by atoms with Crippen LogP contribution in [0.4, 0.5) is 5.69 Å². The number of rotatable bonds is 2. The Morgan fingerprint density at radius 1 is 1.53 bits per heavy atom. The van der Waals surface area contributed by atoms with Gasteiger partial charge in [-0.3, -0.25) is 4.79 Å². The van der Waals surface area contributed by atoms with Crippen LogP contribution in [0.2, 0.25) is 0 Å². The van der Waals surface area contributed by atoms with Crippen molar-refractivity contribution in [2.75, 3.05) is 5.73 Å². The van der Waals surface area contributed by atoms with Crippen molar-refractivity contribution in [3.05, 3.63) is 35.9 Å². The summed E-state index contributed by atoms with van der Waals surface area (Å²) in [6.45, 7) is 1.45. The van der Waals surface area contributed by atoms with E-state index in [4.69, 9.17) is 11.0 Å². The Hall–Kier alpha value is -2.68. The molecule has 0 aliphatic rings. The lowest BCUT2D eigenvalue weighted by Gasteiger charge is -2.05. The molecular formula is C11H9N5O. The molecule has 0 saturated heterocycles. The Morgan fingerprint density at radius 2 is 2.29 bits per heavy atom. The van der Waals surface area contributed by atoms with Crippen molar-refractivity contribution in [2.45, 2.75) is 6.92 Å². The van der Waals surface area contributed by atoms with E-state index in [1.54, 1.807) is 18.2 Å². The van der Waals surface area contributed by atoms with Crippen LogP contribution in [0, 0.1) is 11.3 Å². The minimum absolute atomic E-state index is 0.0826. The molecule has 1 aromatic carbocycles. The highest BCUT2D eigenvalue weighted by atomic mass is 16.1. The lowest BCUT2D eigenvalue weighted by Crippen LogP contribution is -2.02.